The highest BCUT2D eigenvalue weighted by molar-refractivity contribution is 5.95. The molecule has 6 nitrogen and oxygen atoms in total. The van der Waals surface area contributed by atoms with Crippen molar-refractivity contribution in [2.75, 3.05) is 24.6 Å². The van der Waals surface area contributed by atoms with Gasteiger partial charge in [-0.1, -0.05) is 12.1 Å². The molecule has 1 heterocycles. The van der Waals surface area contributed by atoms with Crippen molar-refractivity contribution in [2.24, 2.45) is 0 Å². The van der Waals surface area contributed by atoms with Gasteiger partial charge in [-0.25, -0.2) is 4.79 Å². The molecule has 0 amide bonds. The highest BCUT2D eigenvalue weighted by atomic mass is 16.7. The Bertz CT molecular complexity index is 886. The zero-order chi connectivity index (χ0) is 20.3. The molecule has 3 rings (SSSR count). The minimum atomic E-state index is -1.66. The molecular weight excluding hydrogens is 358 g/mol. The molecule has 1 aliphatic rings. The first-order valence-corrected chi connectivity index (χ1v) is 9.51. The molecule has 28 heavy (non-hydrogen) atoms. The van der Waals surface area contributed by atoms with Gasteiger partial charge in [-0.05, 0) is 45.0 Å². The van der Waals surface area contributed by atoms with Crippen LogP contribution in [-0.4, -0.2) is 31.6 Å². The van der Waals surface area contributed by atoms with E-state index in [-0.39, 0.29) is 0 Å². The van der Waals surface area contributed by atoms with Crippen molar-refractivity contribution in [3.8, 4) is 5.75 Å². The Hall–Kier alpha value is -3.02. The largest absolute Gasteiger partial charge is 0.493 e. The summed E-state index contributed by atoms with van der Waals surface area (Å²) in [6.07, 6.45) is 0. The van der Waals surface area contributed by atoms with E-state index in [0.717, 1.165) is 18.8 Å². The summed E-state index contributed by atoms with van der Waals surface area (Å²) in [5.74, 6) is -2.24. The molecule has 1 atom stereocenters. The number of carbonyl (C=O) groups excluding carboxylic acids is 2. The third kappa shape index (κ3) is 3.30. The SMILES string of the molecule is CCOc1cc(N(CC)CC)ccc1C1(OC(C)=O)OC(=O)c2ccccc21. The van der Waals surface area contributed by atoms with E-state index in [1.165, 1.54) is 6.92 Å². The first-order valence-electron chi connectivity index (χ1n) is 9.51. The summed E-state index contributed by atoms with van der Waals surface area (Å²) in [6.45, 7) is 9.42. The van der Waals surface area contributed by atoms with Crippen LogP contribution < -0.4 is 9.64 Å². The molecule has 0 radical (unpaired) electrons. The third-order valence-electron chi connectivity index (χ3n) is 4.77. The second kappa shape index (κ2) is 7.92. The van der Waals surface area contributed by atoms with Gasteiger partial charge in [-0.2, -0.15) is 0 Å². The second-order valence-electron chi connectivity index (χ2n) is 6.43. The van der Waals surface area contributed by atoms with Gasteiger partial charge in [0, 0.05) is 31.8 Å². The van der Waals surface area contributed by atoms with Crippen LogP contribution in [0.25, 0.3) is 0 Å². The van der Waals surface area contributed by atoms with E-state index < -0.39 is 17.7 Å². The number of benzene rings is 2. The zero-order valence-electron chi connectivity index (χ0n) is 16.7. The van der Waals surface area contributed by atoms with Gasteiger partial charge in [0.15, 0.2) is 0 Å². The molecule has 0 aliphatic carbocycles. The number of esters is 2. The molecule has 1 aliphatic heterocycles. The maximum atomic E-state index is 12.5. The maximum Gasteiger partial charge on any atom is 0.342 e. The highest BCUT2D eigenvalue weighted by Gasteiger charge is 2.52. The molecule has 0 aromatic heterocycles. The first kappa shape index (κ1) is 19.7. The minimum absolute atomic E-state index is 0.374. The molecule has 6 heteroatoms. The Morgan fingerprint density at radius 1 is 1.07 bits per heavy atom. The quantitative estimate of drug-likeness (QED) is 0.677. The van der Waals surface area contributed by atoms with Gasteiger partial charge < -0.3 is 19.1 Å². The topological polar surface area (TPSA) is 65.1 Å². The van der Waals surface area contributed by atoms with E-state index in [1.807, 2.05) is 19.1 Å². The van der Waals surface area contributed by atoms with Gasteiger partial charge in [0.1, 0.15) is 5.75 Å². The van der Waals surface area contributed by atoms with Crippen LogP contribution in [0, 0.1) is 0 Å². The average Bonchev–Trinajstić information content (AvgIpc) is 2.96. The van der Waals surface area contributed by atoms with Crippen LogP contribution in [0.3, 0.4) is 0 Å². The predicted octanol–water partition coefficient (Wildman–Crippen LogP) is 3.87. The van der Waals surface area contributed by atoms with Gasteiger partial charge in [0.2, 0.25) is 0 Å². The summed E-state index contributed by atoms with van der Waals surface area (Å²) < 4.78 is 17.2. The summed E-state index contributed by atoms with van der Waals surface area (Å²) in [6, 6.07) is 12.5. The highest BCUT2D eigenvalue weighted by Crippen LogP contribution is 2.47. The van der Waals surface area contributed by atoms with Crippen molar-refractivity contribution in [2.45, 2.75) is 33.5 Å². The van der Waals surface area contributed by atoms with Gasteiger partial charge >= 0.3 is 17.7 Å². The molecule has 0 spiro atoms. The number of rotatable bonds is 7. The van der Waals surface area contributed by atoms with Gasteiger partial charge in [-0.3, -0.25) is 4.79 Å². The number of cyclic esters (lactones) is 1. The van der Waals surface area contributed by atoms with Gasteiger partial charge in [0.25, 0.3) is 0 Å². The van der Waals surface area contributed by atoms with Crippen molar-refractivity contribution in [3.63, 3.8) is 0 Å². The molecular formula is C22H25NO5. The van der Waals surface area contributed by atoms with Crippen molar-refractivity contribution in [3.05, 3.63) is 59.2 Å². The number of anilines is 1. The number of fused-ring (bicyclic) bond motifs is 1. The third-order valence-corrected chi connectivity index (χ3v) is 4.77. The van der Waals surface area contributed by atoms with E-state index >= 15 is 0 Å². The molecule has 0 saturated carbocycles. The van der Waals surface area contributed by atoms with Crippen molar-refractivity contribution >= 4 is 17.6 Å². The van der Waals surface area contributed by atoms with Crippen LogP contribution in [0.15, 0.2) is 42.5 Å². The van der Waals surface area contributed by atoms with Crippen LogP contribution in [-0.2, 0) is 20.1 Å². The van der Waals surface area contributed by atoms with E-state index in [4.69, 9.17) is 14.2 Å². The summed E-state index contributed by atoms with van der Waals surface area (Å²) in [5, 5.41) is 0. The van der Waals surface area contributed by atoms with Crippen molar-refractivity contribution in [1.29, 1.82) is 0 Å². The minimum Gasteiger partial charge on any atom is -0.493 e. The Labute approximate surface area is 165 Å². The zero-order valence-corrected chi connectivity index (χ0v) is 16.7. The standard InChI is InChI=1S/C22H25NO5/c1-5-23(6-2)16-12-13-19(20(14-16)26-7-3)22(27-15(4)24)18-11-9-8-10-17(18)21(25)28-22/h8-14H,5-7H2,1-4H3. The fourth-order valence-electron chi connectivity index (χ4n) is 3.57. The Balaban J connectivity index is 2.22. The van der Waals surface area contributed by atoms with Gasteiger partial charge in [-0.15, -0.1) is 0 Å². The van der Waals surface area contributed by atoms with Crippen molar-refractivity contribution in [1.82, 2.24) is 0 Å². The molecule has 2 aromatic carbocycles. The number of hydrogen-bond donors (Lipinski definition) is 0. The fourth-order valence-corrected chi connectivity index (χ4v) is 3.57. The molecule has 0 fully saturated rings. The van der Waals surface area contributed by atoms with E-state index in [2.05, 4.69) is 18.7 Å². The lowest BCUT2D eigenvalue weighted by Crippen LogP contribution is -2.34. The van der Waals surface area contributed by atoms with E-state index in [9.17, 15) is 9.59 Å². The van der Waals surface area contributed by atoms with Crippen LogP contribution in [0.4, 0.5) is 5.69 Å². The molecule has 0 bridgehead atoms. The molecule has 0 saturated heterocycles. The molecule has 148 valence electrons. The average molecular weight is 383 g/mol. The summed E-state index contributed by atoms with van der Waals surface area (Å²) in [4.78, 5) is 26.7. The smallest absolute Gasteiger partial charge is 0.342 e. The molecule has 1 unspecified atom stereocenters. The predicted molar refractivity (Wildman–Crippen MR) is 106 cm³/mol. The fraction of sp³-hybridized carbons (Fsp3) is 0.364. The number of hydrogen-bond acceptors (Lipinski definition) is 6. The molecule has 0 N–H and O–H groups in total. The van der Waals surface area contributed by atoms with Crippen LogP contribution in [0.1, 0.15) is 49.2 Å². The first-order chi connectivity index (χ1) is 13.5. The van der Waals surface area contributed by atoms with Gasteiger partial charge in [0.05, 0.1) is 23.3 Å². The number of ether oxygens (including phenoxy) is 3. The van der Waals surface area contributed by atoms with Crippen LogP contribution >= 0.6 is 0 Å². The van der Waals surface area contributed by atoms with Crippen molar-refractivity contribution < 1.29 is 23.8 Å². The lowest BCUT2D eigenvalue weighted by molar-refractivity contribution is -0.191. The Kier molecular flexibility index (Phi) is 5.58. The van der Waals surface area contributed by atoms with E-state index in [0.29, 0.717) is 29.0 Å². The summed E-state index contributed by atoms with van der Waals surface area (Å²) >= 11 is 0. The van der Waals surface area contributed by atoms with E-state index in [1.54, 1.807) is 30.3 Å². The summed E-state index contributed by atoms with van der Waals surface area (Å²) in [5.41, 5.74) is 2.33. The Morgan fingerprint density at radius 2 is 1.79 bits per heavy atom. The normalized spacial score (nSPS) is 17.6. The van der Waals surface area contributed by atoms with Crippen LogP contribution in [0.5, 0.6) is 5.75 Å². The summed E-state index contributed by atoms with van der Waals surface area (Å²) in [7, 11) is 0. The van der Waals surface area contributed by atoms with Crippen LogP contribution in [0.2, 0.25) is 0 Å². The lowest BCUT2D eigenvalue weighted by atomic mass is 9.94. The number of carbonyl (C=O) groups is 2. The second-order valence-corrected chi connectivity index (χ2v) is 6.43. The Morgan fingerprint density at radius 3 is 2.43 bits per heavy atom. The maximum absolute atomic E-state index is 12.5. The lowest BCUT2D eigenvalue weighted by Gasteiger charge is -2.31. The molecule has 2 aromatic rings. The monoisotopic (exact) mass is 383 g/mol. The number of nitrogens with zero attached hydrogens (tertiary/aromatic N) is 1.